The summed E-state index contributed by atoms with van der Waals surface area (Å²) in [6.07, 6.45) is -4.90. The van der Waals surface area contributed by atoms with Crippen molar-refractivity contribution in [1.82, 2.24) is 4.98 Å². The van der Waals surface area contributed by atoms with E-state index in [-0.39, 0.29) is 0 Å². The van der Waals surface area contributed by atoms with Gasteiger partial charge in [0, 0.05) is 5.56 Å². The van der Waals surface area contributed by atoms with E-state index in [4.69, 9.17) is 5.73 Å². The first-order chi connectivity index (χ1) is 12.8. The zero-order valence-electron chi connectivity index (χ0n) is 13.4. The summed E-state index contributed by atoms with van der Waals surface area (Å²) in [5.41, 5.74) is 0.157. The number of benzene rings is 1. The summed E-state index contributed by atoms with van der Waals surface area (Å²) in [6, 6.07) is 0.643. The van der Waals surface area contributed by atoms with E-state index in [9.17, 15) is 46.5 Å². The molecule has 28 heavy (non-hydrogen) atoms. The van der Waals surface area contributed by atoms with Gasteiger partial charge < -0.3 is 25.7 Å². The number of halogens is 5. The fourth-order valence-electron chi connectivity index (χ4n) is 2.33. The predicted octanol–water partition coefficient (Wildman–Crippen LogP) is 2.24. The number of pyridine rings is 1. The van der Waals surface area contributed by atoms with Crippen LogP contribution in [0, 0.1) is 11.6 Å². The van der Waals surface area contributed by atoms with Gasteiger partial charge in [-0.2, -0.15) is 13.2 Å². The SMILES string of the molecule is Nc1[nH]c(=O)c(C(=O)O)c(-c2cc(F)c(OCC(F)(F)F)c(F)c2)c1C(=O)O. The topological polar surface area (TPSA) is 143 Å². The average molecular weight is 408 g/mol. The molecule has 0 aliphatic rings. The van der Waals surface area contributed by atoms with Crippen molar-refractivity contribution in [2.24, 2.45) is 0 Å². The Bertz CT molecular complexity index is 1010. The molecule has 0 saturated carbocycles. The van der Waals surface area contributed by atoms with Gasteiger partial charge in [-0.3, -0.25) is 4.79 Å². The number of rotatable bonds is 5. The van der Waals surface area contributed by atoms with Crippen LogP contribution in [0.4, 0.5) is 27.8 Å². The zero-order valence-corrected chi connectivity index (χ0v) is 13.4. The summed E-state index contributed by atoms with van der Waals surface area (Å²) in [4.78, 5) is 36.4. The zero-order chi connectivity index (χ0) is 21.4. The number of H-pyrrole nitrogens is 1. The average Bonchev–Trinajstić information content (AvgIpc) is 2.50. The Morgan fingerprint density at radius 2 is 1.57 bits per heavy atom. The third-order valence-electron chi connectivity index (χ3n) is 3.34. The minimum atomic E-state index is -4.90. The molecule has 0 radical (unpaired) electrons. The first kappa shape index (κ1) is 20.7. The maximum Gasteiger partial charge on any atom is 0.422 e. The van der Waals surface area contributed by atoms with Crippen molar-refractivity contribution in [2.75, 3.05) is 12.3 Å². The lowest BCUT2D eigenvalue weighted by atomic mass is 9.95. The highest BCUT2D eigenvalue weighted by molar-refractivity contribution is 6.07. The van der Waals surface area contributed by atoms with Crippen LogP contribution in [0.2, 0.25) is 0 Å². The lowest BCUT2D eigenvalue weighted by Gasteiger charge is -2.15. The first-order valence-corrected chi connectivity index (χ1v) is 7.04. The number of ether oxygens (including phenoxy) is 1. The maximum atomic E-state index is 14.1. The van der Waals surface area contributed by atoms with Crippen LogP contribution in [-0.4, -0.2) is 39.9 Å². The van der Waals surface area contributed by atoms with E-state index in [1.165, 1.54) is 0 Å². The van der Waals surface area contributed by atoms with Crippen molar-refractivity contribution in [3.63, 3.8) is 0 Å². The van der Waals surface area contributed by atoms with Gasteiger partial charge in [0.2, 0.25) is 0 Å². The molecule has 1 aromatic carbocycles. The summed E-state index contributed by atoms with van der Waals surface area (Å²) >= 11 is 0. The third kappa shape index (κ3) is 4.02. The fraction of sp³-hybridized carbons (Fsp3) is 0.133. The van der Waals surface area contributed by atoms with Crippen molar-refractivity contribution in [3.8, 4) is 16.9 Å². The van der Waals surface area contributed by atoms with Gasteiger partial charge in [-0.25, -0.2) is 18.4 Å². The van der Waals surface area contributed by atoms with Crippen LogP contribution in [0.25, 0.3) is 11.1 Å². The van der Waals surface area contributed by atoms with Gasteiger partial charge in [0.15, 0.2) is 24.0 Å². The number of aromatic nitrogens is 1. The summed E-state index contributed by atoms with van der Waals surface area (Å²) in [6.45, 7) is -2.01. The van der Waals surface area contributed by atoms with Crippen LogP contribution in [0.3, 0.4) is 0 Å². The Morgan fingerprint density at radius 1 is 1.07 bits per heavy atom. The quantitative estimate of drug-likeness (QED) is 0.556. The van der Waals surface area contributed by atoms with Crippen LogP contribution < -0.4 is 16.0 Å². The van der Waals surface area contributed by atoms with Gasteiger partial charge in [-0.05, 0) is 17.7 Å². The van der Waals surface area contributed by atoms with Crippen molar-refractivity contribution in [2.45, 2.75) is 6.18 Å². The molecule has 0 bridgehead atoms. The molecule has 1 aromatic heterocycles. The molecular formula is C15H9F5N2O6. The number of nitrogen functional groups attached to an aromatic ring is 1. The number of nitrogens with two attached hydrogens (primary N) is 1. The van der Waals surface area contributed by atoms with E-state index < -0.39 is 75.7 Å². The van der Waals surface area contributed by atoms with Crippen LogP contribution in [0.5, 0.6) is 5.75 Å². The van der Waals surface area contributed by atoms with E-state index >= 15 is 0 Å². The Kier molecular flexibility index (Phi) is 5.29. The number of hydrogen-bond acceptors (Lipinski definition) is 5. The van der Waals surface area contributed by atoms with Crippen molar-refractivity contribution < 1.29 is 46.5 Å². The highest BCUT2D eigenvalue weighted by atomic mass is 19.4. The van der Waals surface area contributed by atoms with Gasteiger partial charge in [-0.15, -0.1) is 0 Å². The molecule has 0 atom stereocenters. The van der Waals surface area contributed by atoms with Gasteiger partial charge in [0.1, 0.15) is 16.9 Å². The van der Waals surface area contributed by atoms with Gasteiger partial charge in [0.05, 0.1) is 0 Å². The number of aromatic amines is 1. The molecule has 0 amide bonds. The monoisotopic (exact) mass is 408 g/mol. The molecule has 2 aromatic rings. The molecule has 150 valence electrons. The maximum absolute atomic E-state index is 14.1. The fourth-order valence-corrected chi connectivity index (χ4v) is 2.33. The molecule has 1 heterocycles. The predicted molar refractivity (Wildman–Crippen MR) is 82.3 cm³/mol. The Labute approximate surface area is 151 Å². The minimum Gasteiger partial charge on any atom is -0.478 e. The van der Waals surface area contributed by atoms with E-state index in [0.29, 0.717) is 12.1 Å². The van der Waals surface area contributed by atoms with Gasteiger partial charge in [0.25, 0.3) is 5.56 Å². The Hall–Kier alpha value is -3.64. The summed E-state index contributed by atoms with van der Waals surface area (Å²) < 4.78 is 68.7. The van der Waals surface area contributed by atoms with E-state index in [1.807, 2.05) is 0 Å². The largest absolute Gasteiger partial charge is 0.478 e. The number of carboxylic acid groups (broad SMARTS) is 2. The highest BCUT2D eigenvalue weighted by Crippen LogP contribution is 2.34. The molecule has 2 rings (SSSR count). The summed E-state index contributed by atoms with van der Waals surface area (Å²) in [5, 5.41) is 18.4. The van der Waals surface area contributed by atoms with Crippen LogP contribution >= 0.6 is 0 Å². The van der Waals surface area contributed by atoms with Crippen LogP contribution in [0.1, 0.15) is 20.7 Å². The number of anilines is 1. The summed E-state index contributed by atoms with van der Waals surface area (Å²) in [5.74, 6) is -9.36. The lowest BCUT2D eigenvalue weighted by Crippen LogP contribution is -2.24. The number of carboxylic acids is 2. The third-order valence-corrected chi connectivity index (χ3v) is 3.34. The molecule has 13 heteroatoms. The standard InChI is InChI=1S/C15H9F5N2O6/c16-5-1-4(2-6(17)10(5)28-3-15(18,19)20)7-8(13(24)25)11(21)22-12(23)9(7)14(26)27/h1-2H,3H2,(H,24,25)(H,26,27)(H3,21,22,23). The second-order valence-corrected chi connectivity index (χ2v) is 5.28. The van der Waals surface area contributed by atoms with Crippen molar-refractivity contribution in [3.05, 3.63) is 45.2 Å². The Balaban J connectivity index is 2.77. The Morgan fingerprint density at radius 3 is 2.00 bits per heavy atom. The molecule has 8 nitrogen and oxygen atoms in total. The van der Waals surface area contributed by atoms with Crippen molar-refractivity contribution in [1.29, 1.82) is 0 Å². The molecule has 0 aliphatic carbocycles. The van der Waals surface area contributed by atoms with E-state index in [0.717, 1.165) is 0 Å². The normalized spacial score (nSPS) is 11.3. The molecule has 0 saturated heterocycles. The van der Waals surface area contributed by atoms with Gasteiger partial charge in [-0.1, -0.05) is 0 Å². The van der Waals surface area contributed by atoms with E-state index in [2.05, 4.69) is 4.74 Å². The molecule has 0 aliphatic heterocycles. The van der Waals surface area contributed by atoms with Crippen LogP contribution in [-0.2, 0) is 0 Å². The molecular weight excluding hydrogens is 399 g/mol. The van der Waals surface area contributed by atoms with Gasteiger partial charge >= 0.3 is 18.1 Å². The number of nitrogens with one attached hydrogen (secondary N) is 1. The first-order valence-electron chi connectivity index (χ1n) is 7.04. The number of hydrogen-bond donors (Lipinski definition) is 4. The minimum absolute atomic E-state index is 0.321. The molecule has 0 spiro atoms. The molecule has 5 N–H and O–H groups in total. The summed E-state index contributed by atoms with van der Waals surface area (Å²) in [7, 11) is 0. The lowest BCUT2D eigenvalue weighted by molar-refractivity contribution is -0.154. The smallest absolute Gasteiger partial charge is 0.422 e. The van der Waals surface area contributed by atoms with E-state index in [1.54, 1.807) is 4.98 Å². The second kappa shape index (κ2) is 7.17. The van der Waals surface area contributed by atoms with Crippen molar-refractivity contribution >= 4 is 17.8 Å². The molecule has 0 unspecified atom stereocenters. The van der Waals surface area contributed by atoms with Crippen LogP contribution in [0.15, 0.2) is 16.9 Å². The highest BCUT2D eigenvalue weighted by Gasteiger charge is 2.31. The number of aromatic carboxylic acids is 2. The number of carbonyl (C=O) groups is 2. The molecule has 0 fully saturated rings. The second-order valence-electron chi connectivity index (χ2n) is 5.28. The number of alkyl halides is 3.